The average molecular weight is 482 g/mol. The highest BCUT2D eigenvalue weighted by atomic mass is 16.3. The van der Waals surface area contributed by atoms with E-state index in [2.05, 4.69) is 62.8 Å². The molecule has 1 atom stereocenters. The standard InChI is InChI=1S/C28H31N7O/c1-2-3-13-27-31-35(19-26(36)23-9-5-4-6-10-23)20-34(27)18-21-14-16-22(17-15-21)24-11-7-8-12-25(24)28-29-32-33-30-28/h4-12,14-17,26,36H,2-3,13,18-20H2,1H3,(H,29,30,32,33). The van der Waals surface area contributed by atoms with Crippen LogP contribution in [0.15, 0.2) is 84.0 Å². The van der Waals surface area contributed by atoms with Gasteiger partial charge in [0.05, 0.1) is 12.6 Å². The first kappa shape index (κ1) is 23.7. The number of nitrogens with zero attached hydrogens (tertiary/aromatic N) is 6. The van der Waals surface area contributed by atoms with Crippen LogP contribution in [0.1, 0.15) is 43.4 Å². The van der Waals surface area contributed by atoms with Gasteiger partial charge in [-0.2, -0.15) is 5.10 Å². The Labute approximate surface area is 211 Å². The lowest BCUT2D eigenvalue weighted by Gasteiger charge is -2.23. The van der Waals surface area contributed by atoms with Crippen LogP contribution in [0.4, 0.5) is 0 Å². The molecule has 1 aromatic heterocycles. The van der Waals surface area contributed by atoms with Crippen molar-refractivity contribution in [1.29, 1.82) is 0 Å². The Morgan fingerprint density at radius 1 is 0.944 bits per heavy atom. The van der Waals surface area contributed by atoms with Crippen LogP contribution in [0, 0.1) is 0 Å². The molecule has 184 valence electrons. The van der Waals surface area contributed by atoms with Crippen LogP contribution in [0.25, 0.3) is 22.5 Å². The molecule has 8 heteroatoms. The van der Waals surface area contributed by atoms with Gasteiger partial charge >= 0.3 is 0 Å². The fourth-order valence-corrected chi connectivity index (χ4v) is 4.52. The van der Waals surface area contributed by atoms with Crippen molar-refractivity contribution in [2.75, 3.05) is 13.2 Å². The highest BCUT2D eigenvalue weighted by Gasteiger charge is 2.24. The number of hydrazone groups is 1. The molecule has 0 aliphatic carbocycles. The van der Waals surface area contributed by atoms with Gasteiger partial charge in [0.25, 0.3) is 0 Å². The molecule has 2 heterocycles. The zero-order valence-corrected chi connectivity index (χ0v) is 20.5. The van der Waals surface area contributed by atoms with Gasteiger partial charge in [0.1, 0.15) is 12.5 Å². The molecule has 0 spiro atoms. The molecule has 2 N–H and O–H groups in total. The highest BCUT2D eigenvalue weighted by Crippen LogP contribution is 2.30. The summed E-state index contributed by atoms with van der Waals surface area (Å²) >= 11 is 0. The van der Waals surface area contributed by atoms with Gasteiger partial charge in [-0.25, -0.2) is 5.10 Å². The lowest BCUT2D eigenvalue weighted by Crippen LogP contribution is -2.32. The van der Waals surface area contributed by atoms with Crippen LogP contribution >= 0.6 is 0 Å². The van der Waals surface area contributed by atoms with Crippen molar-refractivity contribution >= 4 is 5.84 Å². The summed E-state index contributed by atoms with van der Waals surface area (Å²) < 4.78 is 0. The summed E-state index contributed by atoms with van der Waals surface area (Å²) in [5.74, 6) is 1.74. The average Bonchev–Trinajstić information content (AvgIpc) is 3.59. The van der Waals surface area contributed by atoms with Gasteiger partial charge in [-0.15, -0.1) is 5.10 Å². The van der Waals surface area contributed by atoms with E-state index in [-0.39, 0.29) is 0 Å². The molecule has 3 aromatic carbocycles. The number of H-pyrrole nitrogens is 1. The van der Waals surface area contributed by atoms with Gasteiger partial charge in [-0.1, -0.05) is 92.2 Å². The lowest BCUT2D eigenvalue weighted by atomic mass is 9.98. The Hall–Kier alpha value is -4.04. The summed E-state index contributed by atoms with van der Waals surface area (Å²) in [6, 6.07) is 26.5. The van der Waals surface area contributed by atoms with Crippen LogP contribution in [0.5, 0.6) is 0 Å². The Morgan fingerprint density at radius 3 is 2.42 bits per heavy atom. The van der Waals surface area contributed by atoms with Crippen molar-refractivity contribution in [3.05, 3.63) is 90.0 Å². The molecule has 0 saturated carbocycles. The zero-order chi connectivity index (χ0) is 24.7. The zero-order valence-electron chi connectivity index (χ0n) is 20.5. The predicted molar refractivity (Wildman–Crippen MR) is 141 cm³/mol. The van der Waals surface area contributed by atoms with E-state index in [1.54, 1.807) is 0 Å². The van der Waals surface area contributed by atoms with Crippen molar-refractivity contribution < 1.29 is 5.11 Å². The Morgan fingerprint density at radius 2 is 1.69 bits per heavy atom. The number of benzene rings is 3. The van der Waals surface area contributed by atoms with Crippen molar-refractivity contribution in [2.45, 2.75) is 38.8 Å². The maximum absolute atomic E-state index is 10.7. The fourth-order valence-electron chi connectivity index (χ4n) is 4.52. The van der Waals surface area contributed by atoms with Crippen LogP contribution in [0.3, 0.4) is 0 Å². The van der Waals surface area contributed by atoms with Crippen LogP contribution in [-0.2, 0) is 6.54 Å². The molecule has 4 aromatic rings. The van der Waals surface area contributed by atoms with E-state index in [1.807, 2.05) is 53.5 Å². The molecule has 8 nitrogen and oxygen atoms in total. The number of aliphatic hydroxyl groups excluding tert-OH is 1. The molecular weight excluding hydrogens is 450 g/mol. The molecule has 36 heavy (non-hydrogen) atoms. The summed E-state index contributed by atoms with van der Waals surface area (Å²) in [4.78, 5) is 2.32. The topological polar surface area (TPSA) is 93.5 Å². The van der Waals surface area contributed by atoms with E-state index < -0.39 is 6.10 Å². The second-order valence-electron chi connectivity index (χ2n) is 9.07. The summed E-state index contributed by atoms with van der Waals surface area (Å²) in [5.41, 5.74) is 5.29. The largest absolute Gasteiger partial charge is 0.386 e. The quantitative estimate of drug-likeness (QED) is 0.336. The minimum Gasteiger partial charge on any atom is -0.386 e. The summed E-state index contributed by atoms with van der Waals surface area (Å²) in [5, 5.41) is 31.9. The van der Waals surface area contributed by atoms with Crippen LogP contribution < -0.4 is 0 Å². The van der Waals surface area contributed by atoms with Crippen LogP contribution in [-0.4, -0.2) is 54.7 Å². The molecule has 1 unspecified atom stereocenters. The number of hydrogen-bond acceptors (Lipinski definition) is 7. The van der Waals surface area contributed by atoms with E-state index in [4.69, 9.17) is 5.10 Å². The van der Waals surface area contributed by atoms with Crippen LogP contribution in [0.2, 0.25) is 0 Å². The first-order valence-corrected chi connectivity index (χ1v) is 12.4. The molecule has 0 radical (unpaired) electrons. The third kappa shape index (κ3) is 5.44. The van der Waals surface area contributed by atoms with Gasteiger partial charge in [0.2, 0.25) is 0 Å². The Balaban J connectivity index is 1.29. The van der Waals surface area contributed by atoms with E-state index in [9.17, 15) is 5.11 Å². The molecular formula is C28H31N7O. The van der Waals surface area contributed by atoms with Crippen molar-refractivity contribution in [1.82, 2.24) is 30.5 Å². The number of rotatable bonds is 10. The van der Waals surface area contributed by atoms with E-state index in [1.165, 1.54) is 5.56 Å². The number of tetrazole rings is 1. The SMILES string of the molecule is CCCCC1=NN(CC(O)c2ccccc2)CN1Cc1ccc(-c2ccccc2-c2nnn[nH]2)cc1. The van der Waals surface area contributed by atoms with Gasteiger partial charge < -0.3 is 10.0 Å². The number of unbranched alkanes of at least 4 members (excludes halogenated alkanes) is 1. The number of aromatic nitrogens is 4. The maximum atomic E-state index is 10.7. The molecule has 0 bridgehead atoms. The third-order valence-corrected chi connectivity index (χ3v) is 6.44. The van der Waals surface area contributed by atoms with Crippen molar-refractivity contribution in [2.24, 2.45) is 5.10 Å². The summed E-state index contributed by atoms with van der Waals surface area (Å²) in [6.07, 6.45) is 2.58. The minimum atomic E-state index is -0.568. The van der Waals surface area contributed by atoms with Crippen molar-refractivity contribution in [3.63, 3.8) is 0 Å². The molecule has 0 fully saturated rings. The van der Waals surface area contributed by atoms with Gasteiger partial charge in [0.15, 0.2) is 5.82 Å². The van der Waals surface area contributed by atoms with E-state index >= 15 is 0 Å². The van der Waals surface area contributed by atoms with Gasteiger partial charge in [0, 0.05) is 18.5 Å². The number of hydrogen-bond donors (Lipinski definition) is 2. The molecule has 0 amide bonds. The number of amidine groups is 1. The molecule has 5 rings (SSSR count). The first-order valence-electron chi connectivity index (χ1n) is 12.4. The highest BCUT2D eigenvalue weighted by molar-refractivity contribution is 5.83. The molecule has 0 saturated heterocycles. The lowest BCUT2D eigenvalue weighted by molar-refractivity contribution is 0.105. The second-order valence-corrected chi connectivity index (χ2v) is 9.07. The fraction of sp³-hybridized carbons (Fsp3) is 0.286. The Kier molecular flexibility index (Phi) is 7.33. The third-order valence-electron chi connectivity index (χ3n) is 6.44. The maximum Gasteiger partial charge on any atom is 0.180 e. The number of nitrogens with one attached hydrogen (secondary N) is 1. The molecule has 1 aliphatic heterocycles. The second kappa shape index (κ2) is 11.1. The van der Waals surface area contributed by atoms with Gasteiger partial charge in [-0.3, -0.25) is 5.01 Å². The number of β-amino-alcohol motifs (C(OH)–C–C–N with tert-alkyl or cyclic N) is 1. The normalized spacial score (nSPS) is 14.2. The minimum absolute atomic E-state index is 0.475. The van der Waals surface area contributed by atoms with E-state index in [0.29, 0.717) is 19.0 Å². The first-order chi connectivity index (χ1) is 17.7. The summed E-state index contributed by atoms with van der Waals surface area (Å²) in [6.45, 7) is 4.12. The molecule has 1 aliphatic rings. The Bertz CT molecular complexity index is 1270. The number of aromatic amines is 1. The monoisotopic (exact) mass is 481 g/mol. The summed E-state index contributed by atoms with van der Waals surface area (Å²) in [7, 11) is 0. The van der Waals surface area contributed by atoms with Gasteiger partial charge in [-0.05, 0) is 39.1 Å². The number of aliphatic hydroxyl groups is 1. The smallest absolute Gasteiger partial charge is 0.180 e. The van der Waals surface area contributed by atoms with Crippen molar-refractivity contribution in [3.8, 4) is 22.5 Å². The predicted octanol–water partition coefficient (Wildman–Crippen LogP) is 4.85. The van der Waals surface area contributed by atoms with E-state index in [0.717, 1.165) is 53.9 Å².